The maximum Gasteiger partial charge on any atom is 0.228 e. The third-order valence-electron chi connectivity index (χ3n) is 0.422. The molecule has 0 saturated carbocycles. The van der Waals surface area contributed by atoms with Gasteiger partial charge in [-0.3, -0.25) is 16.1 Å². The summed E-state index contributed by atoms with van der Waals surface area (Å²) in [6.07, 6.45) is 0. The Hall–Kier alpha value is -0.680. The zero-order valence-corrected chi connectivity index (χ0v) is 5.79. The summed E-state index contributed by atoms with van der Waals surface area (Å²) in [7, 11) is 0. The number of nitrogens with one attached hydrogen (secondary N) is 3. The lowest BCUT2D eigenvalue weighted by atomic mass is 10.9. The molecule has 5 nitrogen and oxygen atoms in total. The zero-order chi connectivity index (χ0) is 7.44. The molecule has 52 valence electrons. The third kappa shape index (κ3) is 3.87. The molecule has 0 unspecified atom stereocenters. The summed E-state index contributed by atoms with van der Waals surface area (Å²) in [4.78, 5) is 0. The SMILES string of the molecule is N=C(N)NC(=N)N(Cl)Cl. The van der Waals surface area contributed by atoms with Crippen LogP contribution in [0.1, 0.15) is 0 Å². The van der Waals surface area contributed by atoms with Crippen LogP contribution in [0.2, 0.25) is 0 Å². The lowest BCUT2D eigenvalue weighted by Crippen LogP contribution is -2.39. The first-order valence-corrected chi connectivity index (χ1v) is 2.53. The molecule has 5 N–H and O–H groups in total. The van der Waals surface area contributed by atoms with Gasteiger partial charge in [0, 0.05) is 23.6 Å². The topological polar surface area (TPSA) is 89.0 Å². The van der Waals surface area contributed by atoms with E-state index in [1.165, 1.54) is 0 Å². The van der Waals surface area contributed by atoms with Crippen LogP contribution < -0.4 is 11.1 Å². The Kier molecular flexibility index (Phi) is 3.11. The second kappa shape index (κ2) is 3.37. The van der Waals surface area contributed by atoms with E-state index in [0.29, 0.717) is 3.94 Å². The van der Waals surface area contributed by atoms with Gasteiger partial charge in [-0.25, -0.2) is 0 Å². The van der Waals surface area contributed by atoms with E-state index < -0.39 is 0 Å². The maximum atomic E-state index is 6.80. The molecule has 0 bridgehead atoms. The standard InChI is InChI=1S/C2H5Cl2N5/c3-9(4)2(7)8-1(5)6/h(H5,5,6,7,8). The maximum absolute atomic E-state index is 6.80. The number of nitrogens with zero attached hydrogens (tertiary/aromatic N) is 1. The fourth-order valence-corrected chi connectivity index (χ4v) is 0.254. The fraction of sp³-hybridized carbons (Fsp3) is 0. The van der Waals surface area contributed by atoms with E-state index >= 15 is 0 Å². The number of rotatable bonds is 0. The highest BCUT2D eigenvalue weighted by Crippen LogP contribution is 1.95. The van der Waals surface area contributed by atoms with Crippen molar-refractivity contribution in [2.24, 2.45) is 5.73 Å². The van der Waals surface area contributed by atoms with Gasteiger partial charge in [0.15, 0.2) is 5.96 Å². The van der Waals surface area contributed by atoms with Gasteiger partial charge in [-0.15, -0.1) is 0 Å². The zero-order valence-electron chi connectivity index (χ0n) is 4.28. The van der Waals surface area contributed by atoms with E-state index in [4.69, 9.17) is 40.1 Å². The van der Waals surface area contributed by atoms with Crippen LogP contribution in [0.4, 0.5) is 0 Å². The highest BCUT2D eigenvalue weighted by molar-refractivity contribution is 6.42. The summed E-state index contributed by atoms with van der Waals surface area (Å²) in [6.45, 7) is 0. The minimum Gasteiger partial charge on any atom is -0.370 e. The van der Waals surface area contributed by atoms with Gasteiger partial charge >= 0.3 is 0 Å². The van der Waals surface area contributed by atoms with E-state index in [1.54, 1.807) is 0 Å². The Balaban J connectivity index is 3.64. The predicted molar refractivity (Wildman–Crippen MR) is 36.3 cm³/mol. The van der Waals surface area contributed by atoms with Crippen molar-refractivity contribution >= 4 is 35.5 Å². The average molecular weight is 170 g/mol. The van der Waals surface area contributed by atoms with Gasteiger partial charge in [0.1, 0.15) is 0 Å². The van der Waals surface area contributed by atoms with Crippen LogP contribution in [0.25, 0.3) is 0 Å². The van der Waals surface area contributed by atoms with Crippen LogP contribution in [0, 0.1) is 10.8 Å². The first-order valence-electron chi connectivity index (χ1n) is 1.85. The van der Waals surface area contributed by atoms with Gasteiger partial charge in [0.25, 0.3) is 0 Å². The van der Waals surface area contributed by atoms with Gasteiger partial charge < -0.3 is 5.73 Å². The molecule has 0 aliphatic heterocycles. The van der Waals surface area contributed by atoms with Crippen molar-refractivity contribution in [3.63, 3.8) is 0 Å². The summed E-state index contributed by atoms with van der Waals surface area (Å²) in [5, 5.41) is 15.5. The smallest absolute Gasteiger partial charge is 0.228 e. The molecule has 0 saturated heterocycles. The molecule has 0 aliphatic rings. The fourth-order valence-electron chi connectivity index (χ4n) is 0.170. The van der Waals surface area contributed by atoms with Crippen LogP contribution in [-0.2, 0) is 0 Å². The summed E-state index contributed by atoms with van der Waals surface area (Å²) in [5.41, 5.74) is 4.82. The van der Waals surface area contributed by atoms with Gasteiger partial charge in [-0.05, 0) is 0 Å². The van der Waals surface area contributed by atoms with Crippen LogP contribution in [0.5, 0.6) is 0 Å². The van der Waals surface area contributed by atoms with Crippen molar-refractivity contribution in [1.29, 1.82) is 10.8 Å². The van der Waals surface area contributed by atoms with Crippen molar-refractivity contribution in [1.82, 2.24) is 9.25 Å². The average Bonchev–Trinajstić information content (AvgIpc) is 1.63. The Morgan fingerprint density at radius 3 is 2.00 bits per heavy atom. The third-order valence-corrected chi connectivity index (χ3v) is 0.760. The second-order valence-electron chi connectivity index (χ2n) is 1.12. The van der Waals surface area contributed by atoms with Gasteiger partial charge in [0.2, 0.25) is 5.96 Å². The summed E-state index contributed by atoms with van der Waals surface area (Å²) in [5.74, 6) is -0.739. The Bertz CT molecular complexity index is 131. The van der Waals surface area contributed by atoms with E-state index in [-0.39, 0.29) is 11.9 Å². The number of nitrogens with two attached hydrogens (primary N) is 1. The van der Waals surface area contributed by atoms with Crippen LogP contribution in [0.15, 0.2) is 0 Å². The summed E-state index contributed by atoms with van der Waals surface area (Å²) in [6, 6.07) is 0. The van der Waals surface area contributed by atoms with E-state index in [1.807, 2.05) is 5.32 Å². The Morgan fingerprint density at radius 1 is 1.44 bits per heavy atom. The number of guanidine groups is 2. The minimum atomic E-state index is -0.383. The quantitative estimate of drug-likeness (QED) is 0.234. The van der Waals surface area contributed by atoms with Crippen LogP contribution in [0.3, 0.4) is 0 Å². The molecule has 0 atom stereocenters. The molecule has 0 radical (unpaired) electrons. The predicted octanol–water partition coefficient (Wildman–Crippen LogP) is 0.0138. The molecular weight excluding hydrogens is 165 g/mol. The highest BCUT2D eigenvalue weighted by Gasteiger charge is 2.01. The molecule has 9 heavy (non-hydrogen) atoms. The Morgan fingerprint density at radius 2 is 1.89 bits per heavy atom. The van der Waals surface area contributed by atoms with E-state index in [0.717, 1.165) is 0 Å². The van der Waals surface area contributed by atoms with Crippen molar-refractivity contribution in [2.75, 3.05) is 0 Å². The monoisotopic (exact) mass is 169 g/mol. The first kappa shape index (κ1) is 8.32. The van der Waals surface area contributed by atoms with Crippen molar-refractivity contribution < 1.29 is 0 Å². The van der Waals surface area contributed by atoms with Crippen molar-refractivity contribution in [3.05, 3.63) is 0 Å². The molecule has 0 aromatic heterocycles. The van der Waals surface area contributed by atoms with Gasteiger partial charge in [-0.2, -0.15) is 3.94 Å². The molecule has 0 heterocycles. The highest BCUT2D eigenvalue weighted by atomic mass is 35.5. The molecule has 0 aromatic carbocycles. The van der Waals surface area contributed by atoms with Gasteiger partial charge in [-0.1, -0.05) is 0 Å². The largest absolute Gasteiger partial charge is 0.370 e. The molecular formula is C2H5Cl2N5. The molecule has 0 rings (SSSR count). The van der Waals surface area contributed by atoms with Crippen molar-refractivity contribution in [2.45, 2.75) is 0 Å². The molecule has 0 fully saturated rings. The number of hydrogen-bond donors (Lipinski definition) is 4. The molecule has 0 aromatic rings. The number of hydrogen-bond acceptors (Lipinski definition) is 2. The molecule has 7 heteroatoms. The summed E-state index contributed by atoms with van der Waals surface area (Å²) >= 11 is 10.1. The Labute approximate surface area is 62.0 Å². The minimum absolute atomic E-state index is 0.356. The molecule has 0 amide bonds. The molecule has 0 spiro atoms. The second-order valence-corrected chi connectivity index (χ2v) is 1.97. The van der Waals surface area contributed by atoms with Gasteiger partial charge in [0.05, 0.1) is 0 Å². The van der Waals surface area contributed by atoms with Crippen LogP contribution in [-0.4, -0.2) is 15.9 Å². The lowest BCUT2D eigenvalue weighted by molar-refractivity contribution is 0.972. The van der Waals surface area contributed by atoms with E-state index in [9.17, 15) is 0 Å². The molecule has 0 aliphatic carbocycles. The van der Waals surface area contributed by atoms with Crippen molar-refractivity contribution in [3.8, 4) is 0 Å². The lowest BCUT2D eigenvalue weighted by Gasteiger charge is -2.06. The number of halogens is 2. The normalized spacial score (nSPS) is 8.22. The van der Waals surface area contributed by atoms with E-state index in [2.05, 4.69) is 0 Å². The first-order chi connectivity index (χ1) is 4.04. The summed E-state index contributed by atoms with van der Waals surface area (Å²) < 4.78 is 0.460. The van der Waals surface area contributed by atoms with Crippen LogP contribution >= 0.6 is 23.6 Å².